The Morgan fingerprint density at radius 1 is 1.14 bits per heavy atom. The first kappa shape index (κ1) is 19.9. The number of hydrogen-bond donors (Lipinski definition) is 1. The van der Waals surface area contributed by atoms with Crippen LogP contribution in [-0.4, -0.2) is 15.7 Å². The minimum atomic E-state index is -0.516. The van der Waals surface area contributed by atoms with Gasteiger partial charge in [-0.1, -0.05) is 32.9 Å². The van der Waals surface area contributed by atoms with Gasteiger partial charge in [0.1, 0.15) is 0 Å². The Balaban J connectivity index is 2.00. The molecule has 28 heavy (non-hydrogen) atoms. The monoisotopic (exact) mass is 414 g/mol. The van der Waals surface area contributed by atoms with Gasteiger partial charge >= 0.3 is 0 Å². The molecule has 6 nitrogen and oxygen atoms in total. The molecule has 144 valence electrons. The maximum Gasteiger partial charge on any atom is 0.278 e. The van der Waals surface area contributed by atoms with Crippen molar-refractivity contribution in [1.82, 2.24) is 4.98 Å². The largest absolute Gasteiger partial charge is 0.313 e. The maximum absolute atomic E-state index is 12.2. The Labute approximate surface area is 168 Å². The highest BCUT2D eigenvalue weighted by Gasteiger charge is 2.19. The number of ketones is 1. The van der Waals surface area contributed by atoms with E-state index < -0.39 is 10.3 Å². The zero-order chi connectivity index (χ0) is 20.5. The predicted molar refractivity (Wildman–Crippen MR) is 113 cm³/mol. The Bertz CT molecular complexity index is 1230. The topological polar surface area (TPSA) is 93.1 Å². The molecular formula is C20H18N2O4S2. The Kier molecular flexibility index (Phi) is 5.44. The Hall–Kier alpha value is -2.84. The van der Waals surface area contributed by atoms with Crippen LogP contribution in [0.15, 0.2) is 41.2 Å². The molecule has 0 aliphatic heterocycles. The molecule has 2 heterocycles. The van der Waals surface area contributed by atoms with Gasteiger partial charge in [0.2, 0.25) is 0 Å². The Morgan fingerprint density at radius 3 is 2.54 bits per heavy atom. The lowest BCUT2D eigenvalue weighted by Gasteiger charge is -2.12. The number of para-hydroxylation sites is 1. The molecule has 3 aromatic rings. The van der Waals surface area contributed by atoms with E-state index >= 15 is 0 Å². The normalized spacial score (nSPS) is 13.1. The number of thiophene rings is 1. The molecule has 1 aromatic carbocycles. The second kappa shape index (κ2) is 7.65. The lowest BCUT2D eigenvalue weighted by Crippen LogP contribution is -2.21. The number of Topliss-reactive ketones (excluding diaryl/α,β-unsaturated/α-hetero) is 1. The fourth-order valence-corrected chi connectivity index (χ4v) is 4.34. The second-order valence-electron chi connectivity index (χ2n) is 7.16. The van der Waals surface area contributed by atoms with Crippen molar-refractivity contribution >= 4 is 46.3 Å². The van der Waals surface area contributed by atoms with Crippen molar-refractivity contribution in [2.45, 2.75) is 20.8 Å². The lowest BCUT2D eigenvalue weighted by atomic mass is 9.91. The van der Waals surface area contributed by atoms with Crippen LogP contribution in [0.4, 0.5) is 5.69 Å². The van der Waals surface area contributed by atoms with Crippen molar-refractivity contribution in [3.8, 4) is 10.4 Å². The van der Waals surface area contributed by atoms with E-state index in [0.29, 0.717) is 14.8 Å². The van der Waals surface area contributed by atoms with Crippen molar-refractivity contribution in [1.29, 1.82) is 0 Å². The minimum absolute atomic E-state index is 0.0439. The molecule has 0 saturated carbocycles. The first-order valence-electron chi connectivity index (χ1n) is 8.46. The molecule has 0 radical (unpaired) electrons. The van der Waals surface area contributed by atoms with E-state index in [-0.39, 0.29) is 17.0 Å². The van der Waals surface area contributed by atoms with E-state index in [1.807, 2.05) is 26.8 Å². The third-order valence-corrected chi connectivity index (χ3v) is 5.98. The van der Waals surface area contributed by atoms with Crippen molar-refractivity contribution in [2.24, 2.45) is 5.41 Å². The summed E-state index contributed by atoms with van der Waals surface area (Å²) in [5, 5.41) is 11.2. The third-order valence-electron chi connectivity index (χ3n) is 3.95. The number of aromatic nitrogens is 1. The Morgan fingerprint density at radius 2 is 1.86 bits per heavy atom. The van der Waals surface area contributed by atoms with Crippen LogP contribution in [0, 0.1) is 15.5 Å². The predicted octanol–water partition coefficient (Wildman–Crippen LogP) is 3.30. The van der Waals surface area contributed by atoms with E-state index in [1.165, 1.54) is 34.8 Å². The average molecular weight is 415 g/mol. The van der Waals surface area contributed by atoms with Crippen LogP contribution < -0.4 is 14.8 Å². The standard InChI is InChI=1S/C20H18N2O4S2/c1-20(2,3)17(23)11-18-21-19(24)16(28-18)10-12-8-9-15(27-12)13-6-4-5-7-14(13)22(25)26/h4-11H,1-3H3,(H,21,24)/b16-10+,18-11+. The zero-order valence-corrected chi connectivity index (χ0v) is 17.1. The first-order valence-corrected chi connectivity index (χ1v) is 10.1. The molecule has 8 heteroatoms. The van der Waals surface area contributed by atoms with Crippen LogP contribution in [0.3, 0.4) is 0 Å². The summed E-state index contributed by atoms with van der Waals surface area (Å²) in [5.41, 5.74) is -0.194. The molecule has 1 N–H and O–H groups in total. The summed E-state index contributed by atoms with van der Waals surface area (Å²) in [6.45, 7) is 5.46. The number of nitro benzene ring substituents is 1. The highest BCUT2D eigenvalue weighted by Crippen LogP contribution is 2.34. The van der Waals surface area contributed by atoms with Gasteiger partial charge in [-0.25, -0.2) is 0 Å². The van der Waals surface area contributed by atoms with E-state index in [0.717, 1.165) is 9.75 Å². The van der Waals surface area contributed by atoms with Crippen molar-refractivity contribution in [2.75, 3.05) is 0 Å². The average Bonchev–Trinajstić information content (AvgIpc) is 3.21. The number of carbonyl (C=O) groups excluding carboxylic acids is 1. The van der Waals surface area contributed by atoms with E-state index in [9.17, 15) is 19.7 Å². The summed E-state index contributed by atoms with van der Waals surface area (Å²) >= 11 is 2.58. The maximum atomic E-state index is 12.2. The number of benzene rings is 1. The van der Waals surface area contributed by atoms with Crippen molar-refractivity contribution < 1.29 is 9.72 Å². The summed E-state index contributed by atoms with van der Waals surface area (Å²) in [7, 11) is 0. The number of aromatic amines is 1. The van der Waals surface area contributed by atoms with Gasteiger partial charge in [-0.2, -0.15) is 0 Å². The molecule has 0 aliphatic rings. The molecule has 0 fully saturated rings. The summed E-state index contributed by atoms with van der Waals surface area (Å²) in [6, 6.07) is 10.2. The molecule has 0 saturated heterocycles. The number of thiazole rings is 1. The van der Waals surface area contributed by atoms with Crippen molar-refractivity contribution in [3.63, 3.8) is 0 Å². The zero-order valence-electron chi connectivity index (χ0n) is 15.5. The van der Waals surface area contributed by atoms with Crippen LogP contribution in [0.1, 0.15) is 25.6 Å². The molecule has 0 aliphatic carbocycles. The number of hydrogen-bond acceptors (Lipinski definition) is 6. The van der Waals surface area contributed by atoms with E-state index in [2.05, 4.69) is 4.98 Å². The van der Waals surface area contributed by atoms with Crippen molar-refractivity contribution in [3.05, 3.63) is 70.9 Å². The first-order chi connectivity index (χ1) is 13.1. The van der Waals surface area contributed by atoms with E-state index in [1.54, 1.807) is 30.3 Å². The lowest BCUT2D eigenvalue weighted by molar-refractivity contribution is -0.384. The van der Waals surface area contributed by atoms with Crippen LogP contribution in [0.25, 0.3) is 22.6 Å². The van der Waals surface area contributed by atoms with Gasteiger partial charge in [0.05, 0.1) is 19.7 Å². The number of nitrogens with one attached hydrogen (secondary N) is 1. The summed E-state index contributed by atoms with van der Waals surface area (Å²) in [6.07, 6.45) is 3.18. The number of carbonyl (C=O) groups is 1. The number of H-pyrrole nitrogens is 1. The van der Waals surface area contributed by atoms with E-state index in [4.69, 9.17) is 0 Å². The molecular weight excluding hydrogens is 396 g/mol. The molecule has 0 spiro atoms. The van der Waals surface area contributed by atoms with Gasteiger partial charge in [0, 0.05) is 27.3 Å². The third kappa shape index (κ3) is 4.35. The minimum Gasteiger partial charge on any atom is -0.313 e. The fourth-order valence-electron chi connectivity index (χ4n) is 2.41. The highest BCUT2D eigenvalue weighted by atomic mass is 32.1. The van der Waals surface area contributed by atoms with Gasteiger partial charge in [-0.15, -0.1) is 22.7 Å². The molecule has 0 unspecified atom stereocenters. The molecule has 0 atom stereocenters. The SMILES string of the molecule is CC(C)(C)C(=O)/C=c1\[nH]c(=O)/c(=C\c2ccc(-c3ccccc3[N+](=O)[O-])s2)s1. The molecule has 2 aromatic heterocycles. The van der Waals surface area contributed by atoms with Crippen LogP contribution in [0.2, 0.25) is 0 Å². The van der Waals surface area contributed by atoms with Crippen LogP contribution in [-0.2, 0) is 4.79 Å². The quantitative estimate of drug-likeness (QED) is 0.524. The smallest absolute Gasteiger partial charge is 0.278 e. The van der Waals surface area contributed by atoms with Gasteiger partial charge in [0.15, 0.2) is 5.78 Å². The summed E-state index contributed by atoms with van der Waals surface area (Å²) in [4.78, 5) is 39.4. The number of nitro groups is 1. The van der Waals surface area contributed by atoms with Crippen LogP contribution >= 0.6 is 22.7 Å². The van der Waals surface area contributed by atoms with Gasteiger partial charge in [0.25, 0.3) is 11.2 Å². The van der Waals surface area contributed by atoms with Gasteiger partial charge in [-0.3, -0.25) is 19.7 Å². The summed E-state index contributed by atoms with van der Waals surface area (Å²) < 4.78 is 0.982. The molecule has 0 bridgehead atoms. The fraction of sp³-hybridized carbons (Fsp3) is 0.200. The van der Waals surface area contributed by atoms with Gasteiger partial charge < -0.3 is 4.98 Å². The highest BCUT2D eigenvalue weighted by molar-refractivity contribution is 7.16. The van der Waals surface area contributed by atoms with Crippen LogP contribution in [0.5, 0.6) is 0 Å². The van der Waals surface area contributed by atoms with Gasteiger partial charge in [-0.05, 0) is 24.3 Å². The summed E-state index contributed by atoms with van der Waals surface area (Å²) in [5.74, 6) is -0.0636. The number of rotatable bonds is 4. The molecule has 0 amide bonds. The molecule has 3 rings (SSSR count). The number of nitrogens with zero attached hydrogens (tertiary/aromatic N) is 1. The second-order valence-corrected chi connectivity index (χ2v) is 9.36.